The zero-order chi connectivity index (χ0) is 12.3. The molecule has 4 heteroatoms. The molecule has 4 nitrogen and oxygen atoms in total. The summed E-state index contributed by atoms with van der Waals surface area (Å²) in [5.41, 5.74) is 0.749. The van der Waals surface area contributed by atoms with Crippen molar-refractivity contribution in [1.29, 1.82) is 0 Å². The van der Waals surface area contributed by atoms with Gasteiger partial charge in [-0.2, -0.15) is 0 Å². The summed E-state index contributed by atoms with van der Waals surface area (Å²) in [6.07, 6.45) is 1.50. The van der Waals surface area contributed by atoms with Crippen molar-refractivity contribution in [2.24, 2.45) is 0 Å². The number of aliphatic hydroxyl groups excluding tert-OH is 1. The van der Waals surface area contributed by atoms with E-state index >= 15 is 0 Å². The molecule has 0 saturated heterocycles. The van der Waals surface area contributed by atoms with Crippen LogP contribution >= 0.6 is 0 Å². The molecule has 2 rings (SSSR count). The minimum atomic E-state index is 0.00559. The SMILES string of the molecule is Cc1nc2ccccc2c(=O)n1CCCCO. The van der Waals surface area contributed by atoms with E-state index in [0.717, 1.165) is 17.8 Å². The van der Waals surface area contributed by atoms with Crippen molar-refractivity contribution in [1.82, 2.24) is 9.55 Å². The molecule has 0 unspecified atom stereocenters. The van der Waals surface area contributed by atoms with Crippen molar-refractivity contribution in [3.05, 3.63) is 40.4 Å². The third-order valence-corrected chi connectivity index (χ3v) is 2.84. The Bertz CT molecular complexity index is 575. The number of benzene rings is 1. The summed E-state index contributed by atoms with van der Waals surface area (Å²) in [4.78, 5) is 16.6. The van der Waals surface area contributed by atoms with E-state index in [1.807, 2.05) is 25.1 Å². The number of aryl methyl sites for hydroxylation is 1. The van der Waals surface area contributed by atoms with Gasteiger partial charge in [-0.25, -0.2) is 4.98 Å². The minimum Gasteiger partial charge on any atom is -0.396 e. The molecule has 0 fully saturated rings. The summed E-state index contributed by atoms with van der Waals surface area (Å²) in [5.74, 6) is 0.728. The van der Waals surface area contributed by atoms with Gasteiger partial charge in [-0.15, -0.1) is 0 Å². The maximum atomic E-state index is 12.2. The standard InChI is InChI=1S/C13H16N2O2/c1-10-14-12-7-3-2-6-11(12)13(17)15(10)8-4-5-9-16/h2-3,6-7,16H,4-5,8-9H2,1H3. The first-order valence-corrected chi connectivity index (χ1v) is 5.81. The average molecular weight is 232 g/mol. The Labute approximate surface area is 99.5 Å². The summed E-state index contributed by atoms with van der Waals surface area (Å²) in [5, 5.41) is 9.41. The van der Waals surface area contributed by atoms with Crippen LogP contribution in [0.25, 0.3) is 10.9 Å². The molecule has 17 heavy (non-hydrogen) atoms. The lowest BCUT2D eigenvalue weighted by atomic mass is 10.2. The van der Waals surface area contributed by atoms with Gasteiger partial charge in [-0.05, 0) is 31.9 Å². The summed E-state index contributed by atoms with van der Waals surface area (Å²) >= 11 is 0. The van der Waals surface area contributed by atoms with Gasteiger partial charge in [0.05, 0.1) is 10.9 Å². The topological polar surface area (TPSA) is 55.1 Å². The quantitative estimate of drug-likeness (QED) is 0.812. The van der Waals surface area contributed by atoms with Crippen LogP contribution in [0.15, 0.2) is 29.1 Å². The van der Waals surface area contributed by atoms with Gasteiger partial charge in [0.1, 0.15) is 5.82 Å². The van der Waals surface area contributed by atoms with Crippen LogP contribution in [0, 0.1) is 6.92 Å². The van der Waals surface area contributed by atoms with Crippen LogP contribution in [0.4, 0.5) is 0 Å². The number of nitrogens with zero attached hydrogens (tertiary/aromatic N) is 2. The Morgan fingerprint density at radius 3 is 2.82 bits per heavy atom. The number of aliphatic hydroxyl groups is 1. The van der Waals surface area contributed by atoms with E-state index in [4.69, 9.17) is 5.11 Å². The summed E-state index contributed by atoms with van der Waals surface area (Å²) in [6, 6.07) is 7.37. The maximum Gasteiger partial charge on any atom is 0.261 e. The summed E-state index contributed by atoms with van der Waals surface area (Å²) in [6.45, 7) is 2.62. The fraction of sp³-hybridized carbons (Fsp3) is 0.385. The Kier molecular flexibility index (Phi) is 3.54. The molecule has 0 aliphatic rings. The molecule has 0 radical (unpaired) electrons. The molecule has 1 heterocycles. The number of fused-ring (bicyclic) bond motifs is 1. The molecular formula is C13H16N2O2. The number of unbranched alkanes of at least 4 members (excludes halogenated alkanes) is 1. The van der Waals surface area contributed by atoms with Crippen molar-refractivity contribution in [2.75, 3.05) is 6.61 Å². The lowest BCUT2D eigenvalue weighted by Crippen LogP contribution is -2.24. The van der Waals surface area contributed by atoms with Crippen LogP contribution in [-0.2, 0) is 6.54 Å². The predicted octanol–water partition coefficient (Wildman–Crippen LogP) is 1.48. The third-order valence-electron chi connectivity index (χ3n) is 2.84. The van der Waals surface area contributed by atoms with E-state index in [1.165, 1.54) is 0 Å². The van der Waals surface area contributed by atoms with Gasteiger partial charge in [0.2, 0.25) is 0 Å². The Balaban J connectivity index is 2.45. The van der Waals surface area contributed by atoms with Crippen molar-refractivity contribution in [3.63, 3.8) is 0 Å². The van der Waals surface area contributed by atoms with E-state index in [9.17, 15) is 4.79 Å². The van der Waals surface area contributed by atoms with E-state index in [-0.39, 0.29) is 12.2 Å². The predicted molar refractivity (Wildman–Crippen MR) is 67.1 cm³/mol. The van der Waals surface area contributed by atoms with Crippen molar-refractivity contribution >= 4 is 10.9 Å². The highest BCUT2D eigenvalue weighted by molar-refractivity contribution is 5.77. The number of aromatic nitrogens is 2. The molecule has 1 N–H and O–H groups in total. The van der Waals surface area contributed by atoms with Crippen LogP contribution in [-0.4, -0.2) is 21.3 Å². The third kappa shape index (κ3) is 2.36. The molecule has 0 aliphatic carbocycles. The molecule has 1 aromatic carbocycles. The van der Waals surface area contributed by atoms with Crippen LogP contribution in [0.3, 0.4) is 0 Å². The lowest BCUT2D eigenvalue weighted by molar-refractivity contribution is 0.280. The van der Waals surface area contributed by atoms with E-state index in [0.29, 0.717) is 18.4 Å². The Morgan fingerprint density at radius 1 is 1.29 bits per heavy atom. The Morgan fingerprint density at radius 2 is 2.06 bits per heavy atom. The second kappa shape index (κ2) is 5.10. The molecule has 2 aromatic rings. The van der Waals surface area contributed by atoms with E-state index in [1.54, 1.807) is 10.6 Å². The van der Waals surface area contributed by atoms with Gasteiger partial charge in [0, 0.05) is 13.2 Å². The molecule has 0 aliphatic heterocycles. The Hall–Kier alpha value is -1.68. The van der Waals surface area contributed by atoms with Crippen molar-refractivity contribution in [3.8, 4) is 0 Å². The second-order valence-corrected chi connectivity index (χ2v) is 4.06. The number of para-hydroxylation sites is 1. The van der Waals surface area contributed by atoms with Gasteiger partial charge < -0.3 is 5.11 Å². The van der Waals surface area contributed by atoms with Crippen LogP contribution in [0.2, 0.25) is 0 Å². The van der Waals surface area contributed by atoms with Crippen molar-refractivity contribution < 1.29 is 5.11 Å². The maximum absolute atomic E-state index is 12.2. The highest BCUT2D eigenvalue weighted by Crippen LogP contribution is 2.07. The van der Waals surface area contributed by atoms with Crippen LogP contribution < -0.4 is 5.56 Å². The molecule has 1 aromatic heterocycles. The van der Waals surface area contributed by atoms with Gasteiger partial charge >= 0.3 is 0 Å². The van der Waals surface area contributed by atoms with Crippen molar-refractivity contribution in [2.45, 2.75) is 26.3 Å². The highest BCUT2D eigenvalue weighted by atomic mass is 16.2. The first-order chi connectivity index (χ1) is 8.24. The van der Waals surface area contributed by atoms with E-state index < -0.39 is 0 Å². The minimum absolute atomic E-state index is 0.00559. The summed E-state index contributed by atoms with van der Waals surface area (Å²) < 4.78 is 1.68. The monoisotopic (exact) mass is 232 g/mol. The normalized spacial score (nSPS) is 10.9. The number of hydrogen-bond donors (Lipinski definition) is 1. The number of rotatable bonds is 4. The van der Waals surface area contributed by atoms with Gasteiger partial charge in [0.15, 0.2) is 0 Å². The molecule has 0 spiro atoms. The number of hydrogen-bond acceptors (Lipinski definition) is 3. The van der Waals surface area contributed by atoms with Gasteiger partial charge in [-0.3, -0.25) is 9.36 Å². The zero-order valence-electron chi connectivity index (χ0n) is 9.89. The highest BCUT2D eigenvalue weighted by Gasteiger charge is 2.06. The zero-order valence-corrected chi connectivity index (χ0v) is 9.89. The van der Waals surface area contributed by atoms with Crippen LogP contribution in [0.5, 0.6) is 0 Å². The fourth-order valence-electron chi connectivity index (χ4n) is 1.92. The van der Waals surface area contributed by atoms with E-state index in [2.05, 4.69) is 4.98 Å². The average Bonchev–Trinajstić information content (AvgIpc) is 2.33. The van der Waals surface area contributed by atoms with Gasteiger partial charge in [-0.1, -0.05) is 12.1 Å². The fourth-order valence-corrected chi connectivity index (χ4v) is 1.92. The molecule has 0 amide bonds. The van der Waals surface area contributed by atoms with Gasteiger partial charge in [0.25, 0.3) is 5.56 Å². The molecule has 0 bridgehead atoms. The first-order valence-electron chi connectivity index (χ1n) is 5.81. The molecule has 0 saturated carbocycles. The molecule has 0 atom stereocenters. The largest absolute Gasteiger partial charge is 0.396 e. The smallest absolute Gasteiger partial charge is 0.261 e. The second-order valence-electron chi connectivity index (χ2n) is 4.06. The molecular weight excluding hydrogens is 216 g/mol. The molecule has 90 valence electrons. The first kappa shape index (κ1) is 11.8. The lowest BCUT2D eigenvalue weighted by Gasteiger charge is -2.09. The van der Waals surface area contributed by atoms with Crippen LogP contribution in [0.1, 0.15) is 18.7 Å². The summed E-state index contributed by atoms with van der Waals surface area (Å²) in [7, 11) is 0.